The highest BCUT2D eigenvalue weighted by molar-refractivity contribution is 5.87. The third-order valence-corrected chi connectivity index (χ3v) is 2.23. The minimum absolute atomic E-state index is 0.00546. The maximum Gasteiger partial charge on any atom is 0.471 e. The molecule has 0 fully saturated rings. The summed E-state index contributed by atoms with van der Waals surface area (Å²) in [7, 11) is 1.38. The first kappa shape index (κ1) is 14.8. The van der Waals surface area contributed by atoms with E-state index in [-0.39, 0.29) is 5.56 Å². The van der Waals surface area contributed by atoms with Crippen molar-refractivity contribution in [2.45, 2.75) is 12.2 Å². The van der Waals surface area contributed by atoms with E-state index in [1.807, 2.05) is 0 Å². The molecule has 1 rings (SSSR count). The summed E-state index contributed by atoms with van der Waals surface area (Å²) >= 11 is 0. The Labute approximate surface area is 106 Å². The van der Waals surface area contributed by atoms with Crippen molar-refractivity contribution in [2.75, 3.05) is 7.11 Å². The number of carbonyl (C=O) groups is 2. The molecular weight excluding hydrogens is 267 g/mol. The van der Waals surface area contributed by atoms with E-state index in [1.54, 1.807) is 0 Å². The lowest BCUT2D eigenvalue weighted by atomic mass is 10.1. The fourth-order valence-corrected chi connectivity index (χ4v) is 1.30. The average Bonchev–Trinajstić information content (AvgIpc) is 2.34. The number of nitrogens with one attached hydrogen (secondary N) is 1. The van der Waals surface area contributed by atoms with Gasteiger partial charge >= 0.3 is 18.1 Å². The summed E-state index contributed by atoms with van der Waals surface area (Å²) < 4.78 is 41.1. The summed E-state index contributed by atoms with van der Waals surface area (Å²) in [6, 6.07) is 3.50. The molecule has 104 valence electrons. The van der Waals surface area contributed by atoms with Gasteiger partial charge < -0.3 is 15.2 Å². The summed E-state index contributed by atoms with van der Waals surface area (Å²) in [5, 5.41) is 10.3. The lowest BCUT2D eigenvalue weighted by molar-refractivity contribution is -0.175. The second kappa shape index (κ2) is 5.59. The quantitative estimate of drug-likeness (QED) is 0.874. The molecular formula is C11H10F3NO4. The zero-order valence-corrected chi connectivity index (χ0v) is 9.69. The molecule has 0 saturated heterocycles. The summed E-state index contributed by atoms with van der Waals surface area (Å²) in [5.41, 5.74) is 0.00546. The molecule has 0 radical (unpaired) electrons. The Morgan fingerprint density at radius 2 is 1.79 bits per heavy atom. The molecule has 8 heteroatoms. The molecule has 0 spiro atoms. The van der Waals surface area contributed by atoms with Gasteiger partial charge in [0.25, 0.3) is 0 Å². The number of ether oxygens (including phenoxy) is 1. The molecule has 0 saturated carbocycles. The highest BCUT2D eigenvalue weighted by Crippen LogP contribution is 2.21. The van der Waals surface area contributed by atoms with Crippen LogP contribution in [0.15, 0.2) is 24.3 Å². The van der Waals surface area contributed by atoms with E-state index in [4.69, 9.17) is 9.84 Å². The van der Waals surface area contributed by atoms with Crippen LogP contribution < -0.4 is 10.1 Å². The van der Waals surface area contributed by atoms with Crippen molar-refractivity contribution >= 4 is 11.9 Å². The molecule has 0 heterocycles. The number of aliphatic carboxylic acids is 1. The van der Waals surface area contributed by atoms with Gasteiger partial charge in [-0.25, -0.2) is 4.79 Å². The number of rotatable bonds is 4. The van der Waals surface area contributed by atoms with Gasteiger partial charge in [0.1, 0.15) is 5.75 Å². The smallest absolute Gasteiger partial charge is 0.471 e. The van der Waals surface area contributed by atoms with Crippen LogP contribution in [0, 0.1) is 0 Å². The molecule has 19 heavy (non-hydrogen) atoms. The van der Waals surface area contributed by atoms with Crippen LogP contribution in [0.4, 0.5) is 13.2 Å². The lowest BCUT2D eigenvalue weighted by Gasteiger charge is -2.16. The molecule has 1 aromatic carbocycles. The highest BCUT2D eigenvalue weighted by Gasteiger charge is 2.41. The highest BCUT2D eigenvalue weighted by atomic mass is 19.4. The number of methoxy groups -OCH3 is 1. The Morgan fingerprint density at radius 3 is 2.16 bits per heavy atom. The topological polar surface area (TPSA) is 75.6 Å². The van der Waals surface area contributed by atoms with E-state index >= 15 is 0 Å². The molecule has 5 nitrogen and oxygen atoms in total. The van der Waals surface area contributed by atoms with E-state index in [0.29, 0.717) is 5.75 Å². The van der Waals surface area contributed by atoms with E-state index in [9.17, 15) is 22.8 Å². The molecule has 2 N–H and O–H groups in total. The van der Waals surface area contributed by atoms with Crippen molar-refractivity contribution in [1.29, 1.82) is 0 Å². The lowest BCUT2D eigenvalue weighted by Crippen LogP contribution is -2.41. The zero-order valence-electron chi connectivity index (χ0n) is 9.69. The monoisotopic (exact) mass is 277 g/mol. The largest absolute Gasteiger partial charge is 0.497 e. The molecule has 0 bridgehead atoms. The predicted molar refractivity (Wildman–Crippen MR) is 57.6 cm³/mol. The first-order chi connectivity index (χ1) is 8.75. The molecule has 0 aromatic heterocycles. The van der Waals surface area contributed by atoms with Crippen LogP contribution >= 0.6 is 0 Å². The number of hydrogen-bond acceptors (Lipinski definition) is 3. The van der Waals surface area contributed by atoms with E-state index in [0.717, 1.165) is 0 Å². The van der Waals surface area contributed by atoms with Crippen LogP contribution in [0.1, 0.15) is 11.6 Å². The van der Waals surface area contributed by atoms with Gasteiger partial charge in [-0.05, 0) is 17.7 Å². The van der Waals surface area contributed by atoms with E-state index in [1.165, 1.54) is 36.7 Å². The number of carboxylic acid groups (broad SMARTS) is 1. The second-order valence-corrected chi connectivity index (χ2v) is 3.52. The van der Waals surface area contributed by atoms with Crippen LogP contribution in [0.2, 0.25) is 0 Å². The van der Waals surface area contributed by atoms with Crippen LogP contribution in [-0.2, 0) is 9.59 Å². The normalized spacial score (nSPS) is 12.6. The van der Waals surface area contributed by atoms with Gasteiger partial charge in [0.2, 0.25) is 0 Å². The van der Waals surface area contributed by atoms with Crippen molar-refractivity contribution in [3.8, 4) is 5.75 Å². The molecule has 1 aromatic rings. The first-order valence-corrected chi connectivity index (χ1v) is 5.00. The maximum absolute atomic E-state index is 12.1. The van der Waals surface area contributed by atoms with Crippen LogP contribution in [-0.4, -0.2) is 30.3 Å². The number of benzene rings is 1. The van der Waals surface area contributed by atoms with Gasteiger partial charge in [0.15, 0.2) is 6.04 Å². The number of hydrogen-bond donors (Lipinski definition) is 2. The number of carboxylic acids is 1. The van der Waals surface area contributed by atoms with Crippen molar-refractivity contribution in [3.05, 3.63) is 29.8 Å². The number of amides is 1. The molecule has 0 aliphatic carbocycles. The van der Waals surface area contributed by atoms with Crippen molar-refractivity contribution in [3.63, 3.8) is 0 Å². The summed E-state index contributed by atoms with van der Waals surface area (Å²) in [4.78, 5) is 21.7. The molecule has 0 aliphatic heterocycles. The van der Waals surface area contributed by atoms with Gasteiger partial charge in [0, 0.05) is 0 Å². The molecule has 1 amide bonds. The molecule has 0 aliphatic rings. The Bertz CT molecular complexity index is 470. The van der Waals surface area contributed by atoms with E-state index in [2.05, 4.69) is 0 Å². The Kier molecular flexibility index (Phi) is 4.36. The standard InChI is InChI=1S/C11H10F3NO4/c1-19-7-4-2-6(3-5-7)8(9(16)17)15-10(18)11(12,13)14/h2-5,8H,1H3,(H,15,18)(H,16,17). The fraction of sp³-hybridized carbons (Fsp3) is 0.273. The fourth-order valence-electron chi connectivity index (χ4n) is 1.30. The van der Waals surface area contributed by atoms with Crippen LogP contribution in [0.3, 0.4) is 0 Å². The zero-order chi connectivity index (χ0) is 14.6. The van der Waals surface area contributed by atoms with Gasteiger partial charge in [0.05, 0.1) is 7.11 Å². The van der Waals surface area contributed by atoms with Gasteiger partial charge in [-0.3, -0.25) is 4.79 Å². The summed E-state index contributed by atoms with van der Waals surface area (Å²) in [6.07, 6.45) is -5.14. The summed E-state index contributed by atoms with van der Waals surface area (Å²) in [6.45, 7) is 0. The Balaban J connectivity index is 2.94. The SMILES string of the molecule is COc1ccc(C(NC(=O)C(F)(F)F)C(=O)O)cc1. The van der Waals surface area contributed by atoms with Crippen molar-refractivity contribution in [2.24, 2.45) is 0 Å². The minimum atomic E-state index is -5.14. The number of carbonyl (C=O) groups excluding carboxylic acids is 1. The Morgan fingerprint density at radius 1 is 1.26 bits per heavy atom. The van der Waals surface area contributed by atoms with Crippen LogP contribution in [0.25, 0.3) is 0 Å². The van der Waals surface area contributed by atoms with Crippen molar-refractivity contribution < 1.29 is 32.6 Å². The maximum atomic E-state index is 12.1. The first-order valence-electron chi connectivity index (χ1n) is 5.00. The van der Waals surface area contributed by atoms with Gasteiger partial charge in [-0.15, -0.1) is 0 Å². The van der Waals surface area contributed by atoms with Gasteiger partial charge in [-0.2, -0.15) is 13.2 Å². The number of alkyl halides is 3. The molecule has 1 atom stereocenters. The third-order valence-electron chi connectivity index (χ3n) is 2.23. The molecule has 1 unspecified atom stereocenters. The van der Waals surface area contributed by atoms with E-state index < -0.39 is 24.1 Å². The third kappa shape index (κ3) is 3.87. The van der Waals surface area contributed by atoms with Gasteiger partial charge in [-0.1, -0.05) is 12.1 Å². The summed E-state index contributed by atoms with van der Waals surface area (Å²) in [5.74, 6) is -3.49. The average molecular weight is 277 g/mol. The van der Waals surface area contributed by atoms with Crippen molar-refractivity contribution in [1.82, 2.24) is 5.32 Å². The minimum Gasteiger partial charge on any atom is -0.497 e. The predicted octanol–water partition coefficient (Wildman–Crippen LogP) is 1.50. The Hall–Kier alpha value is -2.25. The van der Waals surface area contributed by atoms with Crippen LogP contribution in [0.5, 0.6) is 5.75 Å². The number of halogens is 3. The second-order valence-electron chi connectivity index (χ2n) is 3.52.